The highest BCUT2D eigenvalue weighted by atomic mass is 16.3. The van der Waals surface area contributed by atoms with Gasteiger partial charge >= 0.3 is 0 Å². The molecule has 100 valence electrons. The lowest BCUT2D eigenvalue weighted by molar-refractivity contribution is -0.137. The summed E-state index contributed by atoms with van der Waals surface area (Å²) in [5.41, 5.74) is -0.351. The summed E-state index contributed by atoms with van der Waals surface area (Å²) in [6.07, 6.45) is 2.85. The van der Waals surface area contributed by atoms with Crippen LogP contribution in [0.15, 0.2) is 16.5 Å². The number of carbonyl (C=O) groups excluding carboxylic acids is 1. The molecule has 18 heavy (non-hydrogen) atoms. The van der Waals surface area contributed by atoms with Gasteiger partial charge in [0.15, 0.2) is 0 Å². The topological polar surface area (TPSA) is 45.5 Å². The first-order valence-electron chi connectivity index (χ1n) is 6.63. The van der Waals surface area contributed by atoms with Crippen molar-refractivity contribution in [3.8, 4) is 0 Å². The Morgan fingerprint density at radius 2 is 2.33 bits per heavy atom. The standard InChI is InChI=1S/C14H22N2O2/c1-4-14(8-5-9-15-14)13(17)16(3)10-12-7-6-11(2)18-12/h6-7,15H,4-5,8-10H2,1-3H3. The number of hydrogen-bond donors (Lipinski definition) is 1. The van der Waals surface area contributed by atoms with Crippen LogP contribution in [0.2, 0.25) is 0 Å². The molecule has 4 nitrogen and oxygen atoms in total. The Labute approximate surface area is 108 Å². The van der Waals surface area contributed by atoms with Gasteiger partial charge in [0, 0.05) is 7.05 Å². The van der Waals surface area contributed by atoms with Gasteiger partial charge in [-0.15, -0.1) is 0 Å². The number of aryl methyl sites for hydroxylation is 1. The number of hydrogen-bond acceptors (Lipinski definition) is 3. The Morgan fingerprint density at radius 1 is 1.56 bits per heavy atom. The van der Waals surface area contributed by atoms with Crippen molar-refractivity contribution in [1.29, 1.82) is 0 Å². The predicted octanol–water partition coefficient (Wildman–Crippen LogP) is 2.08. The van der Waals surface area contributed by atoms with E-state index in [9.17, 15) is 4.79 Å². The lowest BCUT2D eigenvalue weighted by Crippen LogP contribution is -2.53. The van der Waals surface area contributed by atoms with Crippen LogP contribution in [0.1, 0.15) is 37.7 Å². The summed E-state index contributed by atoms with van der Waals surface area (Å²) < 4.78 is 5.52. The van der Waals surface area contributed by atoms with Crippen LogP contribution in [0.25, 0.3) is 0 Å². The summed E-state index contributed by atoms with van der Waals surface area (Å²) in [6.45, 7) is 5.46. The first-order chi connectivity index (χ1) is 8.57. The predicted molar refractivity (Wildman–Crippen MR) is 70.2 cm³/mol. The molecule has 1 aromatic heterocycles. The van der Waals surface area contributed by atoms with Gasteiger partial charge in [-0.25, -0.2) is 0 Å². The number of nitrogens with zero attached hydrogens (tertiary/aromatic N) is 1. The van der Waals surface area contributed by atoms with E-state index in [2.05, 4.69) is 12.2 Å². The maximum Gasteiger partial charge on any atom is 0.243 e. The second kappa shape index (κ2) is 5.14. The van der Waals surface area contributed by atoms with Crippen LogP contribution in [0.3, 0.4) is 0 Å². The van der Waals surface area contributed by atoms with Gasteiger partial charge in [-0.2, -0.15) is 0 Å². The van der Waals surface area contributed by atoms with Crippen molar-refractivity contribution in [3.63, 3.8) is 0 Å². The van der Waals surface area contributed by atoms with Crippen LogP contribution in [-0.4, -0.2) is 29.9 Å². The zero-order valence-corrected chi connectivity index (χ0v) is 11.5. The molecule has 0 saturated carbocycles. The van der Waals surface area contributed by atoms with Crippen molar-refractivity contribution in [2.45, 2.75) is 45.2 Å². The first-order valence-corrected chi connectivity index (χ1v) is 6.63. The van der Waals surface area contributed by atoms with Gasteiger partial charge in [0.25, 0.3) is 0 Å². The van der Waals surface area contributed by atoms with E-state index in [1.165, 1.54) is 0 Å². The number of amides is 1. The summed E-state index contributed by atoms with van der Waals surface area (Å²) in [5.74, 6) is 1.90. The van der Waals surface area contributed by atoms with Crippen molar-refractivity contribution in [1.82, 2.24) is 10.2 Å². The molecule has 4 heteroatoms. The maximum atomic E-state index is 12.5. The molecule has 1 aromatic rings. The second-order valence-electron chi connectivity index (χ2n) is 5.14. The van der Waals surface area contributed by atoms with E-state index in [1.807, 2.05) is 26.1 Å². The Bertz CT molecular complexity index is 419. The molecule has 0 aliphatic carbocycles. The van der Waals surface area contributed by atoms with Gasteiger partial charge in [-0.1, -0.05) is 6.92 Å². The van der Waals surface area contributed by atoms with Crippen LogP contribution in [0.5, 0.6) is 0 Å². The van der Waals surface area contributed by atoms with Gasteiger partial charge in [0.05, 0.1) is 12.1 Å². The minimum atomic E-state index is -0.351. The average molecular weight is 250 g/mol. The van der Waals surface area contributed by atoms with Gasteiger partial charge in [-0.05, 0) is 44.9 Å². The highest BCUT2D eigenvalue weighted by molar-refractivity contribution is 5.86. The molecule has 0 radical (unpaired) electrons. The van der Waals surface area contributed by atoms with Crippen LogP contribution in [0, 0.1) is 6.92 Å². The smallest absolute Gasteiger partial charge is 0.243 e. The summed E-state index contributed by atoms with van der Waals surface area (Å²) in [6, 6.07) is 3.86. The van der Waals surface area contributed by atoms with Crippen LogP contribution >= 0.6 is 0 Å². The minimum Gasteiger partial charge on any atom is -0.464 e. The third-order valence-electron chi connectivity index (χ3n) is 3.79. The lowest BCUT2D eigenvalue weighted by Gasteiger charge is -2.31. The summed E-state index contributed by atoms with van der Waals surface area (Å²) in [4.78, 5) is 14.3. The Morgan fingerprint density at radius 3 is 2.83 bits per heavy atom. The quantitative estimate of drug-likeness (QED) is 0.890. The van der Waals surface area contributed by atoms with E-state index >= 15 is 0 Å². The molecule has 2 rings (SSSR count). The minimum absolute atomic E-state index is 0.177. The Kier molecular flexibility index (Phi) is 3.76. The van der Waals surface area contributed by atoms with Gasteiger partial charge in [0.1, 0.15) is 11.5 Å². The SMILES string of the molecule is CCC1(C(=O)N(C)Cc2ccc(C)o2)CCCN1. The molecule has 1 fully saturated rings. The number of rotatable bonds is 4. The zero-order valence-electron chi connectivity index (χ0n) is 11.5. The molecular weight excluding hydrogens is 228 g/mol. The van der Waals surface area contributed by atoms with E-state index in [0.717, 1.165) is 37.3 Å². The molecule has 0 spiro atoms. The summed E-state index contributed by atoms with van der Waals surface area (Å²) in [5, 5.41) is 3.37. The molecule has 0 aromatic carbocycles. The highest BCUT2D eigenvalue weighted by Gasteiger charge is 2.40. The summed E-state index contributed by atoms with van der Waals surface area (Å²) in [7, 11) is 1.84. The maximum absolute atomic E-state index is 12.5. The summed E-state index contributed by atoms with van der Waals surface area (Å²) >= 11 is 0. The lowest BCUT2D eigenvalue weighted by atomic mass is 9.92. The van der Waals surface area contributed by atoms with E-state index in [4.69, 9.17) is 4.42 Å². The number of furan rings is 1. The Balaban J connectivity index is 2.04. The number of nitrogens with one attached hydrogen (secondary N) is 1. The highest BCUT2D eigenvalue weighted by Crippen LogP contribution is 2.25. The third kappa shape index (κ3) is 2.43. The average Bonchev–Trinajstić information content (AvgIpc) is 2.98. The monoisotopic (exact) mass is 250 g/mol. The molecular formula is C14H22N2O2. The number of carbonyl (C=O) groups is 1. The van der Waals surface area contributed by atoms with Crippen molar-refractivity contribution < 1.29 is 9.21 Å². The van der Waals surface area contributed by atoms with Crippen LogP contribution in [0.4, 0.5) is 0 Å². The van der Waals surface area contributed by atoms with Gasteiger partial charge in [-0.3, -0.25) is 4.79 Å². The zero-order chi connectivity index (χ0) is 13.2. The normalized spacial score (nSPS) is 23.3. The third-order valence-corrected chi connectivity index (χ3v) is 3.79. The molecule has 1 aliphatic heterocycles. The van der Waals surface area contributed by atoms with Crippen LogP contribution < -0.4 is 5.32 Å². The fraction of sp³-hybridized carbons (Fsp3) is 0.643. The van der Waals surface area contributed by atoms with Gasteiger partial charge < -0.3 is 14.6 Å². The second-order valence-corrected chi connectivity index (χ2v) is 5.14. The molecule has 0 bridgehead atoms. The first kappa shape index (κ1) is 13.1. The fourth-order valence-electron chi connectivity index (χ4n) is 2.68. The molecule has 1 unspecified atom stereocenters. The molecule has 2 heterocycles. The largest absolute Gasteiger partial charge is 0.464 e. The van der Waals surface area contributed by atoms with Crippen LogP contribution in [-0.2, 0) is 11.3 Å². The van der Waals surface area contributed by atoms with Crippen molar-refractivity contribution >= 4 is 5.91 Å². The molecule has 1 aliphatic rings. The van der Waals surface area contributed by atoms with E-state index < -0.39 is 0 Å². The fourth-order valence-corrected chi connectivity index (χ4v) is 2.68. The van der Waals surface area contributed by atoms with E-state index in [1.54, 1.807) is 4.90 Å². The van der Waals surface area contributed by atoms with Crippen molar-refractivity contribution in [3.05, 3.63) is 23.7 Å². The molecule has 1 saturated heterocycles. The van der Waals surface area contributed by atoms with E-state index in [-0.39, 0.29) is 11.4 Å². The molecule has 1 atom stereocenters. The molecule has 1 amide bonds. The van der Waals surface area contributed by atoms with Crippen molar-refractivity contribution in [2.24, 2.45) is 0 Å². The van der Waals surface area contributed by atoms with E-state index in [0.29, 0.717) is 6.54 Å². The molecule has 1 N–H and O–H groups in total. The Hall–Kier alpha value is -1.29. The van der Waals surface area contributed by atoms with Crippen molar-refractivity contribution in [2.75, 3.05) is 13.6 Å². The van der Waals surface area contributed by atoms with Gasteiger partial charge in [0.2, 0.25) is 5.91 Å². The number of likely N-dealkylation sites (N-methyl/N-ethyl adjacent to an activating group) is 1.